The van der Waals surface area contributed by atoms with E-state index in [4.69, 9.17) is 0 Å². The summed E-state index contributed by atoms with van der Waals surface area (Å²) in [6, 6.07) is 16.3. The minimum absolute atomic E-state index is 0.785. The van der Waals surface area contributed by atoms with Crippen LogP contribution in [-0.2, 0) is 6.54 Å². The van der Waals surface area contributed by atoms with E-state index in [1.807, 2.05) is 41.3 Å². The van der Waals surface area contributed by atoms with Crippen molar-refractivity contribution in [2.24, 2.45) is 0 Å². The van der Waals surface area contributed by atoms with Gasteiger partial charge >= 0.3 is 0 Å². The van der Waals surface area contributed by atoms with Gasteiger partial charge in [0.25, 0.3) is 0 Å². The lowest BCUT2D eigenvalue weighted by Crippen LogP contribution is -1.99. The second-order valence-electron chi connectivity index (χ2n) is 4.12. The lowest BCUT2D eigenvalue weighted by Gasteiger charge is -2.05. The fourth-order valence-corrected chi connectivity index (χ4v) is 1.94. The van der Waals surface area contributed by atoms with Crippen molar-refractivity contribution >= 4 is 0 Å². The summed E-state index contributed by atoms with van der Waals surface area (Å²) in [5, 5.41) is 4.21. The van der Waals surface area contributed by atoms with Crippen LogP contribution in [0.5, 0.6) is 0 Å². The van der Waals surface area contributed by atoms with Gasteiger partial charge in [0.15, 0.2) is 0 Å². The Hall–Kier alpha value is -2.42. The molecule has 0 aliphatic heterocycles. The maximum Gasteiger partial charge on any atom is 0.0702 e. The Morgan fingerprint density at radius 1 is 0.944 bits per heavy atom. The molecule has 0 amide bonds. The topological polar surface area (TPSA) is 30.7 Å². The molecule has 0 N–H and O–H groups in total. The molecule has 0 fully saturated rings. The number of benzene rings is 1. The lowest BCUT2D eigenvalue weighted by atomic mass is 10.1. The first-order valence-electron chi connectivity index (χ1n) is 5.89. The van der Waals surface area contributed by atoms with Crippen LogP contribution in [0.2, 0.25) is 0 Å². The summed E-state index contributed by atoms with van der Waals surface area (Å²) in [4.78, 5) is 4.36. The first-order valence-corrected chi connectivity index (χ1v) is 5.89. The van der Waals surface area contributed by atoms with Crippen LogP contribution < -0.4 is 0 Å². The molecule has 0 radical (unpaired) electrons. The maximum atomic E-state index is 4.36. The molecule has 3 rings (SSSR count). The molecule has 0 atom stereocenters. The van der Waals surface area contributed by atoms with E-state index < -0.39 is 0 Å². The zero-order valence-corrected chi connectivity index (χ0v) is 9.90. The second kappa shape index (κ2) is 4.84. The van der Waals surface area contributed by atoms with E-state index in [-0.39, 0.29) is 0 Å². The van der Waals surface area contributed by atoms with Gasteiger partial charge in [-0.2, -0.15) is 5.10 Å². The minimum Gasteiger partial charge on any atom is -0.268 e. The number of aromatic nitrogens is 3. The van der Waals surface area contributed by atoms with Gasteiger partial charge in [-0.1, -0.05) is 24.3 Å². The van der Waals surface area contributed by atoms with Crippen molar-refractivity contribution < 1.29 is 0 Å². The Labute approximate surface area is 106 Å². The summed E-state index contributed by atoms with van der Waals surface area (Å²) in [5.74, 6) is 0. The highest BCUT2D eigenvalue weighted by Gasteiger charge is 2.00. The van der Waals surface area contributed by atoms with Gasteiger partial charge in [0.05, 0.1) is 12.2 Å². The quantitative estimate of drug-likeness (QED) is 0.698. The molecule has 3 nitrogen and oxygen atoms in total. The summed E-state index contributed by atoms with van der Waals surface area (Å²) in [5.41, 5.74) is 3.36. The Morgan fingerprint density at radius 2 is 1.94 bits per heavy atom. The van der Waals surface area contributed by atoms with Gasteiger partial charge in [0.2, 0.25) is 0 Å². The van der Waals surface area contributed by atoms with Gasteiger partial charge in [-0.05, 0) is 29.8 Å². The Bertz CT molecular complexity index is 615. The van der Waals surface area contributed by atoms with E-state index in [0.29, 0.717) is 0 Å². The lowest BCUT2D eigenvalue weighted by molar-refractivity contribution is 0.687. The monoisotopic (exact) mass is 235 g/mol. The van der Waals surface area contributed by atoms with E-state index >= 15 is 0 Å². The predicted molar refractivity (Wildman–Crippen MR) is 71.0 cm³/mol. The van der Waals surface area contributed by atoms with Crippen molar-refractivity contribution in [1.82, 2.24) is 14.8 Å². The van der Waals surface area contributed by atoms with Crippen molar-refractivity contribution in [2.75, 3.05) is 0 Å². The fourth-order valence-electron chi connectivity index (χ4n) is 1.94. The van der Waals surface area contributed by atoms with Gasteiger partial charge in [-0.25, -0.2) is 0 Å². The summed E-state index contributed by atoms with van der Waals surface area (Å²) < 4.78 is 1.91. The Kier molecular flexibility index (Phi) is 2.88. The third kappa shape index (κ3) is 2.30. The molecular weight excluding hydrogens is 222 g/mol. The molecule has 0 saturated carbocycles. The summed E-state index contributed by atoms with van der Waals surface area (Å²) >= 11 is 0. The van der Waals surface area contributed by atoms with Crippen LogP contribution in [0.1, 0.15) is 5.56 Å². The van der Waals surface area contributed by atoms with Crippen molar-refractivity contribution in [1.29, 1.82) is 0 Å². The van der Waals surface area contributed by atoms with E-state index in [1.165, 1.54) is 5.56 Å². The third-order valence-electron chi connectivity index (χ3n) is 2.79. The van der Waals surface area contributed by atoms with Gasteiger partial charge in [0.1, 0.15) is 0 Å². The minimum atomic E-state index is 0.785. The number of rotatable bonds is 3. The van der Waals surface area contributed by atoms with Crippen LogP contribution in [0.4, 0.5) is 0 Å². The largest absolute Gasteiger partial charge is 0.268 e. The van der Waals surface area contributed by atoms with Gasteiger partial charge in [-0.3, -0.25) is 9.67 Å². The molecule has 0 bridgehead atoms. The summed E-state index contributed by atoms with van der Waals surface area (Å²) in [6.45, 7) is 0.785. The molecule has 3 heteroatoms. The molecule has 18 heavy (non-hydrogen) atoms. The molecule has 2 aromatic heterocycles. The highest BCUT2D eigenvalue weighted by molar-refractivity contribution is 5.59. The molecule has 88 valence electrons. The molecule has 0 spiro atoms. The summed E-state index contributed by atoms with van der Waals surface area (Å²) in [6.07, 6.45) is 5.57. The van der Waals surface area contributed by atoms with Crippen LogP contribution in [0.25, 0.3) is 11.3 Å². The van der Waals surface area contributed by atoms with Crippen LogP contribution in [0.15, 0.2) is 67.1 Å². The Balaban J connectivity index is 1.90. The number of pyridine rings is 1. The Morgan fingerprint density at radius 3 is 2.72 bits per heavy atom. The first kappa shape index (κ1) is 10.7. The number of hydrogen-bond acceptors (Lipinski definition) is 2. The smallest absolute Gasteiger partial charge is 0.0702 e. The molecule has 3 aromatic rings. The predicted octanol–water partition coefficient (Wildman–Crippen LogP) is 2.99. The number of nitrogens with zero attached hydrogens (tertiary/aromatic N) is 3. The average Bonchev–Trinajstić information content (AvgIpc) is 2.93. The highest BCUT2D eigenvalue weighted by Crippen LogP contribution is 2.18. The van der Waals surface area contributed by atoms with Crippen molar-refractivity contribution in [3.63, 3.8) is 0 Å². The van der Waals surface area contributed by atoms with E-state index in [2.05, 4.69) is 34.3 Å². The van der Waals surface area contributed by atoms with Crippen LogP contribution in [0.3, 0.4) is 0 Å². The van der Waals surface area contributed by atoms with Crippen LogP contribution in [-0.4, -0.2) is 14.8 Å². The van der Waals surface area contributed by atoms with Gasteiger partial charge in [-0.15, -0.1) is 0 Å². The summed E-state index contributed by atoms with van der Waals surface area (Å²) in [7, 11) is 0. The first-order chi connectivity index (χ1) is 8.92. The third-order valence-corrected chi connectivity index (χ3v) is 2.79. The fraction of sp³-hybridized carbons (Fsp3) is 0.0667. The zero-order chi connectivity index (χ0) is 12.2. The molecule has 0 aliphatic carbocycles. The van der Waals surface area contributed by atoms with Gasteiger partial charge in [0, 0.05) is 24.2 Å². The average molecular weight is 235 g/mol. The molecule has 0 unspecified atom stereocenters. The molecule has 2 heterocycles. The maximum absolute atomic E-state index is 4.36. The van der Waals surface area contributed by atoms with Crippen LogP contribution >= 0.6 is 0 Å². The highest BCUT2D eigenvalue weighted by atomic mass is 15.3. The van der Waals surface area contributed by atoms with E-state index in [9.17, 15) is 0 Å². The van der Waals surface area contributed by atoms with Crippen molar-refractivity contribution in [2.45, 2.75) is 6.54 Å². The molecule has 0 saturated heterocycles. The van der Waals surface area contributed by atoms with Crippen molar-refractivity contribution in [3.05, 3.63) is 72.7 Å². The normalized spacial score (nSPS) is 10.4. The zero-order valence-electron chi connectivity index (χ0n) is 9.90. The van der Waals surface area contributed by atoms with E-state index in [0.717, 1.165) is 17.8 Å². The SMILES string of the molecule is c1ccc(-c2cccc(Cn3cccn3)c2)nc1. The standard InChI is InChI=1S/C15H13N3/c1-2-8-16-15(7-1)14-6-3-5-13(11-14)12-18-10-4-9-17-18/h1-11H,12H2. The molecule has 1 aromatic carbocycles. The molecular formula is C15H13N3. The second-order valence-corrected chi connectivity index (χ2v) is 4.12. The van der Waals surface area contributed by atoms with Gasteiger partial charge < -0.3 is 0 Å². The van der Waals surface area contributed by atoms with Crippen molar-refractivity contribution in [3.8, 4) is 11.3 Å². The number of hydrogen-bond donors (Lipinski definition) is 0. The molecule has 0 aliphatic rings. The van der Waals surface area contributed by atoms with Crippen LogP contribution in [0, 0.1) is 0 Å². The van der Waals surface area contributed by atoms with E-state index in [1.54, 1.807) is 6.20 Å².